The molecule has 0 aliphatic heterocycles. The average Bonchev–Trinajstić information content (AvgIpc) is 3.00. The van der Waals surface area contributed by atoms with Crippen LogP contribution in [0.25, 0.3) is 11.3 Å². The lowest BCUT2D eigenvalue weighted by Gasteiger charge is -2.24. The van der Waals surface area contributed by atoms with E-state index in [0.717, 1.165) is 0 Å². The molecule has 0 amide bonds. The highest BCUT2D eigenvalue weighted by molar-refractivity contribution is 6.33. The lowest BCUT2D eigenvalue weighted by Crippen LogP contribution is -2.32. The third kappa shape index (κ3) is 3.79. The predicted octanol–water partition coefficient (Wildman–Crippen LogP) is 5.77. The van der Waals surface area contributed by atoms with Gasteiger partial charge in [-0.3, -0.25) is 9.78 Å². The summed E-state index contributed by atoms with van der Waals surface area (Å²) in [7, 11) is 0. The number of nitrogens with one attached hydrogen (secondary N) is 1. The minimum atomic E-state index is -4.46. The van der Waals surface area contributed by atoms with Crippen LogP contribution >= 0.6 is 11.6 Å². The molecule has 2 heterocycles. The number of benzene rings is 1. The summed E-state index contributed by atoms with van der Waals surface area (Å²) in [6, 6.07) is 7.51. The molecule has 150 valence electrons. The summed E-state index contributed by atoms with van der Waals surface area (Å²) in [5, 5.41) is 0.298. The van der Waals surface area contributed by atoms with Crippen LogP contribution in [0.3, 0.4) is 0 Å². The van der Waals surface area contributed by atoms with E-state index in [1.807, 2.05) is 0 Å². The molecule has 3 aromatic rings. The van der Waals surface area contributed by atoms with Crippen LogP contribution in [0.2, 0.25) is 5.02 Å². The highest BCUT2D eigenvalue weighted by Gasteiger charge is 2.45. The summed E-state index contributed by atoms with van der Waals surface area (Å²) >= 11 is 6.25. The maximum absolute atomic E-state index is 13.7. The minimum absolute atomic E-state index is 0.181. The van der Waals surface area contributed by atoms with E-state index in [9.17, 15) is 22.4 Å². The number of hydrogen-bond acceptors (Lipinski definition) is 2. The Morgan fingerprint density at radius 1 is 1.21 bits per heavy atom. The molecule has 1 unspecified atom stereocenters. The van der Waals surface area contributed by atoms with E-state index in [4.69, 9.17) is 11.6 Å². The number of alkyl halides is 3. The molecule has 4 rings (SSSR count). The van der Waals surface area contributed by atoms with Gasteiger partial charge in [0.05, 0.1) is 16.6 Å². The van der Waals surface area contributed by atoms with E-state index >= 15 is 0 Å². The topological polar surface area (TPSA) is 45.8 Å². The monoisotopic (exact) mass is 422 g/mol. The number of hydrogen-bond donors (Lipinski definition) is 1. The second-order valence-electron chi connectivity index (χ2n) is 7.06. The number of carbonyl (C=O) groups is 1. The van der Waals surface area contributed by atoms with Gasteiger partial charge in [-0.2, -0.15) is 13.2 Å². The molecule has 1 aromatic carbocycles. The van der Waals surface area contributed by atoms with Crippen molar-refractivity contribution in [3.63, 3.8) is 0 Å². The van der Waals surface area contributed by atoms with Gasteiger partial charge in [-0.05, 0) is 29.3 Å². The van der Waals surface area contributed by atoms with Crippen LogP contribution in [0.15, 0.2) is 42.7 Å². The fourth-order valence-corrected chi connectivity index (χ4v) is 4.01. The van der Waals surface area contributed by atoms with Crippen molar-refractivity contribution in [1.29, 1.82) is 0 Å². The molecule has 0 saturated carbocycles. The fourth-order valence-electron chi connectivity index (χ4n) is 3.80. The van der Waals surface area contributed by atoms with Crippen molar-refractivity contribution in [1.82, 2.24) is 9.97 Å². The number of H-pyrrole nitrogens is 1. The van der Waals surface area contributed by atoms with Crippen LogP contribution in [0.1, 0.15) is 33.6 Å². The third-order valence-corrected chi connectivity index (χ3v) is 5.42. The first-order valence-electron chi connectivity index (χ1n) is 8.92. The lowest BCUT2D eigenvalue weighted by atomic mass is 9.83. The van der Waals surface area contributed by atoms with Gasteiger partial charge in [0.15, 0.2) is 5.78 Å². The molecule has 1 atom stereocenters. The first-order valence-corrected chi connectivity index (χ1v) is 9.29. The number of aromatic nitrogens is 2. The van der Waals surface area contributed by atoms with E-state index in [1.54, 1.807) is 18.2 Å². The maximum atomic E-state index is 13.7. The average molecular weight is 423 g/mol. The molecule has 29 heavy (non-hydrogen) atoms. The fraction of sp³-hybridized carbons (Fsp3) is 0.238. The SMILES string of the molecule is O=C1CC(C(F)(F)F)Cc2[nH]c(-c3ccncc3Cl)c(Cc3cccc(F)c3)c21. The summed E-state index contributed by atoms with van der Waals surface area (Å²) in [5.41, 5.74) is 2.59. The van der Waals surface area contributed by atoms with Crippen molar-refractivity contribution < 1.29 is 22.4 Å². The molecule has 1 aliphatic carbocycles. The Balaban J connectivity index is 1.87. The number of ketones is 1. The van der Waals surface area contributed by atoms with Gasteiger partial charge in [0.2, 0.25) is 0 Å². The third-order valence-electron chi connectivity index (χ3n) is 5.12. The van der Waals surface area contributed by atoms with Gasteiger partial charge in [-0.25, -0.2) is 4.39 Å². The largest absolute Gasteiger partial charge is 0.392 e. The molecular formula is C21H15ClF4N2O. The zero-order valence-corrected chi connectivity index (χ0v) is 15.7. The molecule has 1 N–H and O–H groups in total. The Morgan fingerprint density at radius 3 is 2.69 bits per heavy atom. The summed E-state index contributed by atoms with van der Waals surface area (Å²) < 4.78 is 53.4. The van der Waals surface area contributed by atoms with Crippen molar-refractivity contribution in [2.45, 2.75) is 25.4 Å². The minimum Gasteiger partial charge on any atom is -0.357 e. The smallest absolute Gasteiger partial charge is 0.357 e. The number of halogens is 5. The highest BCUT2D eigenvalue weighted by Crippen LogP contribution is 2.42. The van der Waals surface area contributed by atoms with E-state index in [0.29, 0.717) is 27.4 Å². The number of aromatic amines is 1. The number of pyridine rings is 1. The second-order valence-corrected chi connectivity index (χ2v) is 7.47. The summed E-state index contributed by atoms with van der Waals surface area (Å²) in [5.74, 6) is -2.74. The number of nitrogens with zero attached hydrogens (tertiary/aromatic N) is 1. The van der Waals surface area contributed by atoms with Crippen LogP contribution in [0, 0.1) is 11.7 Å². The van der Waals surface area contributed by atoms with Crippen molar-refractivity contribution in [3.8, 4) is 11.3 Å². The molecule has 8 heteroatoms. The zero-order valence-electron chi connectivity index (χ0n) is 15.0. The van der Waals surface area contributed by atoms with Gasteiger partial charge in [-0.1, -0.05) is 23.7 Å². The lowest BCUT2D eigenvalue weighted by molar-refractivity contribution is -0.174. The van der Waals surface area contributed by atoms with Crippen molar-refractivity contribution in [3.05, 3.63) is 75.9 Å². The number of Topliss-reactive ketones (excluding diaryl/α,β-unsaturated/α-hetero) is 1. The van der Waals surface area contributed by atoms with E-state index < -0.39 is 30.1 Å². The Kier molecular flexibility index (Phi) is 4.94. The molecule has 0 saturated heterocycles. The summed E-state index contributed by atoms with van der Waals surface area (Å²) in [6.07, 6.45) is -2.27. The Bertz CT molecular complexity index is 1090. The zero-order chi connectivity index (χ0) is 20.8. The van der Waals surface area contributed by atoms with Gasteiger partial charge in [0.25, 0.3) is 0 Å². The Hall–Kier alpha value is -2.67. The molecule has 0 radical (unpaired) electrons. The number of rotatable bonds is 3. The van der Waals surface area contributed by atoms with Gasteiger partial charge in [0, 0.05) is 48.5 Å². The van der Waals surface area contributed by atoms with Crippen molar-refractivity contribution >= 4 is 17.4 Å². The highest BCUT2D eigenvalue weighted by atomic mass is 35.5. The van der Waals surface area contributed by atoms with Crippen LogP contribution in [0.4, 0.5) is 17.6 Å². The molecular weight excluding hydrogens is 408 g/mol. The number of carbonyl (C=O) groups excluding carboxylic acids is 1. The standard InChI is InChI=1S/C21H15ClF4N2O/c22-16-10-27-5-4-14(16)20-15(7-11-2-1-3-13(23)6-11)19-17(28-20)8-12(9-18(19)29)21(24,25)26/h1-6,10,12,28H,7-9H2. The van der Waals surface area contributed by atoms with Gasteiger partial charge >= 0.3 is 6.18 Å². The second kappa shape index (κ2) is 7.30. The van der Waals surface area contributed by atoms with E-state index in [2.05, 4.69) is 9.97 Å². The molecule has 0 fully saturated rings. The summed E-state index contributed by atoms with van der Waals surface area (Å²) in [6.45, 7) is 0. The molecule has 3 nitrogen and oxygen atoms in total. The molecule has 0 spiro atoms. The van der Waals surface area contributed by atoms with Crippen molar-refractivity contribution in [2.24, 2.45) is 5.92 Å². The predicted molar refractivity (Wildman–Crippen MR) is 100 cm³/mol. The first-order chi connectivity index (χ1) is 13.7. The Labute approximate surface area is 168 Å². The van der Waals surface area contributed by atoms with Crippen LogP contribution in [-0.2, 0) is 12.8 Å². The normalized spacial score (nSPS) is 16.7. The number of fused-ring (bicyclic) bond motifs is 1. The van der Waals surface area contributed by atoms with E-state index in [-0.39, 0.29) is 24.1 Å². The van der Waals surface area contributed by atoms with E-state index in [1.165, 1.54) is 24.5 Å². The van der Waals surface area contributed by atoms with Crippen LogP contribution < -0.4 is 0 Å². The van der Waals surface area contributed by atoms with Crippen LogP contribution in [-0.4, -0.2) is 21.9 Å². The first kappa shape index (κ1) is 19.6. The maximum Gasteiger partial charge on any atom is 0.392 e. The van der Waals surface area contributed by atoms with Crippen LogP contribution in [0.5, 0.6) is 0 Å². The quantitative estimate of drug-likeness (QED) is 0.545. The van der Waals surface area contributed by atoms with Gasteiger partial charge in [0.1, 0.15) is 5.82 Å². The van der Waals surface area contributed by atoms with Gasteiger partial charge < -0.3 is 4.98 Å². The molecule has 2 aromatic heterocycles. The van der Waals surface area contributed by atoms with Gasteiger partial charge in [-0.15, -0.1) is 0 Å². The Morgan fingerprint density at radius 2 is 2.00 bits per heavy atom. The van der Waals surface area contributed by atoms with Crippen molar-refractivity contribution in [2.75, 3.05) is 0 Å². The molecule has 1 aliphatic rings. The summed E-state index contributed by atoms with van der Waals surface area (Å²) in [4.78, 5) is 19.6. The molecule has 0 bridgehead atoms.